The molecule has 3 rings (SSSR count). The van der Waals surface area contributed by atoms with Crippen LogP contribution < -0.4 is 11.1 Å². The highest BCUT2D eigenvalue weighted by atomic mass is 35.5. The summed E-state index contributed by atoms with van der Waals surface area (Å²) in [6.45, 7) is 1.51. The Bertz CT molecular complexity index is 855. The van der Waals surface area contributed by atoms with Crippen LogP contribution in [-0.2, 0) is 0 Å². The second kappa shape index (κ2) is 8.43. The van der Waals surface area contributed by atoms with Gasteiger partial charge in [0.05, 0.1) is 26.8 Å². The molecule has 3 N–H and O–H groups in total. The summed E-state index contributed by atoms with van der Waals surface area (Å²) in [5, 5.41) is 4.28. The molecule has 0 aliphatic heterocycles. The van der Waals surface area contributed by atoms with Crippen molar-refractivity contribution in [1.29, 1.82) is 0 Å². The van der Waals surface area contributed by atoms with Crippen LogP contribution in [0.15, 0.2) is 36.5 Å². The van der Waals surface area contributed by atoms with Crippen molar-refractivity contribution in [1.82, 2.24) is 15.0 Å². The van der Waals surface area contributed by atoms with E-state index < -0.39 is 0 Å². The summed E-state index contributed by atoms with van der Waals surface area (Å²) in [7, 11) is 0. The van der Waals surface area contributed by atoms with Crippen LogP contribution in [0.1, 0.15) is 19.3 Å². The Morgan fingerprint density at radius 1 is 0.960 bits per heavy atom. The molecule has 2 aromatic heterocycles. The number of nitrogens with zero attached hydrogens (tertiary/aromatic N) is 3. The van der Waals surface area contributed by atoms with E-state index in [1.54, 1.807) is 18.3 Å². The standard InChI is InChI=1S/C18H19Cl2N5/c19-12-10-15-16(11-13(12)20)25-18(23-9-4-1-3-7-21)17(24-15)14-6-2-5-8-22-14/h2,5-6,8,10-11H,1,3-4,7,9,21H2,(H,23,25). The van der Waals surface area contributed by atoms with Gasteiger partial charge in [0.15, 0.2) is 5.82 Å². The van der Waals surface area contributed by atoms with Gasteiger partial charge >= 0.3 is 0 Å². The van der Waals surface area contributed by atoms with Gasteiger partial charge in [0.25, 0.3) is 0 Å². The summed E-state index contributed by atoms with van der Waals surface area (Å²) in [5.74, 6) is 0.692. The third kappa shape index (κ3) is 4.37. The fourth-order valence-corrected chi connectivity index (χ4v) is 2.83. The molecule has 0 unspecified atom stereocenters. The number of anilines is 1. The summed E-state index contributed by atoms with van der Waals surface area (Å²) >= 11 is 12.2. The maximum Gasteiger partial charge on any atom is 0.154 e. The normalized spacial score (nSPS) is 11.0. The van der Waals surface area contributed by atoms with E-state index >= 15 is 0 Å². The minimum atomic E-state index is 0.456. The van der Waals surface area contributed by atoms with Gasteiger partial charge in [-0.05, 0) is 43.7 Å². The monoisotopic (exact) mass is 375 g/mol. The van der Waals surface area contributed by atoms with Gasteiger partial charge in [-0.2, -0.15) is 0 Å². The first-order valence-corrected chi connectivity index (χ1v) is 8.97. The van der Waals surface area contributed by atoms with Gasteiger partial charge < -0.3 is 11.1 Å². The molecule has 1 aromatic carbocycles. The smallest absolute Gasteiger partial charge is 0.154 e. The van der Waals surface area contributed by atoms with Gasteiger partial charge in [0.1, 0.15) is 5.69 Å². The molecule has 0 radical (unpaired) electrons. The minimum absolute atomic E-state index is 0.456. The second-order valence-electron chi connectivity index (χ2n) is 5.67. The van der Waals surface area contributed by atoms with E-state index in [0.717, 1.165) is 31.5 Å². The van der Waals surface area contributed by atoms with E-state index in [2.05, 4.69) is 15.3 Å². The zero-order valence-electron chi connectivity index (χ0n) is 13.7. The fourth-order valence-electron chi connectivity index (χ4n) is 2.51. The van der Waals surface area contributed by atoms with Crippen LogP contribution in [0.4, 0.5) is 5.82 Å². The maximum absolute atomic E-state index is 6.12. The van der Waals surface area contributed by atoms with E-state index in [1.165, 1.54) is 0 Å². The minimum Gasteiger partial charge on any atom is -0.368 e. The van der Waals surface area contributed by atoms with Crippen molar-refractivity contribution in [2.75, 3.05) is 18.4 Å². The number of unbranched alkanes of at least 4 members (excludes halogenated alkanes) is 2. The summed E-state index contributed by atoms with van der Waals surface area (Å²) in [6, 6.07) is 9.16. The Hall–Kier alpha value is -1.95. The van der Waals surface area contributed by atoms with E-state index in [-0.39, 0.29) is 0 Å². The van der Waals surface area contributed by atoms with Crippen molar-refractivity contribution < 1.29 is 0 Å². The highest BCUT2D eigenvalue weighted by molar-refractivity contribution is 6.42. The van der Waals surface area contributed by atoms with Crippen LogP contribution in [0.5, 0.6) is 0 Å². The van der Waals surface area contributed by atoms with Crippen LogP contribution in [0, 0.1) is 0 Å². The average Bonchev–Trinajstić information content (AvgIpc) is 2.63. The Balaban J connectivity index is 1.97. The number of fused-ring (bicyclic) bond motifs is 1. The van der Waals surface area contributed by atoms with Crippen molar-refractivity contribution in [2.45, 2.75) is 19.3 Å². The number of nitrogens with two attached hydrogens (primary N) is 1. The van der Waals surface area contributed by atoms with Crippen molar-refractivity contribution in [2.24, 2.45) is 5.73 Å². The van der Waals surface area contributed by atoms with Crippen LogP contribution in [0.3, 0.4) is 0 Å². The third-order valence-electron chi connectivity index (χ3n) is 3.79. The fraction of sp³-hybridized carbons (Fsp3) is 0.278. The first-order chi connectivity index (χ1) is 12.2. The maximum atomic E-state index is 6.12. The predicted molar refractivity (Wildman–Crippen MR) is 104 cm³/mol. The van der Waals surface area contributed by atoms with E-state index in [4.69, 9.17) is 33.9 Å². The summed E-state index contributed by atoms with van der Waals surface area (Å²) < 4.78 is 0. The lowest BCUT2D eigenvalue weighted by atomic mass is 10.2. The number of halogens is 2. The molecule has 25 heavy (non-hydrogen) atoms. The lowest BCUT2D eigenvalue weighted by Crippen LogP contribution is -2.08. The van der Waals surface area contributed by atoms with Gasteiger partial charge in [-0.15, -0.1) is 0 Å². The highest BCUT2D eigenvalue weighted by Gasteiger charge is 2.13. The van der Waals surface area contributed by atoms with Gasteiger partial charge in [0.2, 0.25) is 0 Å². The molecule has 0 atom stereocenters. The molecular weight excluding hydrogens is 357 g/mol. The van der Waals surface area contributed by atoms with E-state index in [0.29, 0.717) is 39.1 Å². The Morgan fingerprint density at radius 2 is 1.72 bits per heavy atom. The van der Waals surface area contributed by atoms with Gasteiger partial charge in [0, 0.05) is 12.7 Å². The largest absolute Gasteiger partial charge is 0.368 e. The first kappa shape index (κ1) is 17.9. The predicted octanol–water partition coefficient (Wildman–Crippen LogP) is 4.54. The Morgan fingerprint density at radius 3 is 2.40 bits per heavy atom. The van der Waals surface area contributed by atoms with Crippen molar-refractivity contribution >= 4 is 40.1 Å². The van der Waals surface area contributed by atoms with Crippen LogP contribution in [-0.4, -0.2) is 28.0 Å². The quantitative estimate of drug-likeness (QED) is 0.592. The second-order valence-corrected chi connectivity index (χ2v) is 6.48. The van der Waals surface area contributed by atoms with Crippen LogP contribution in [0.2, 0.25) is 10.0 Å². The van der Waals surface area contributed by atoms with Gasteiger partial charge in [-0.3, -0.25) is 4.98 Å². The van der Waals surface area contributed by atoms with Crippen molar-refractivity contribution in [3.63, 3.8) is 0 Å². The SMILES string of the molecule is NCCCCCNc1nc2cc(Cl)c(Cl)cc2nc1-c1ccccn1. The Kier molecular flexibility index (Phi) is 6.02. The molecule has 0 fully saturated rings. The Labute approximate surface area is 156 Å². The molecular formula is C18H19Cl2N5. The molecule has 0 saturated heterocycles. The molecule has 0 bridgehead atoms. The molecule has 0 amide bonds. The molecule has 0 saturated carbocycles. The van der Waals surface area contributed by atoms with Gasteiger partial charge in [-0.25, -0.2) is 9.97 Å². The van der Waals surface area contributed by atoms with E-state index in [9.17, 15) is 0 Å². The summed E-state index contributed by atoms with van der Waals surface area (Å²) in [4.78, 5) is 13.8. The first-order valence-electron chi connectivity index (χ1n) is 8.21. The molecule has 130 valence electrons. The highest BCUT2D eigenvalue weighted by Crippen LogP contribution is 2.30. The van der Waals surface area contributed by atoms with Crippen molar-refractivity contribution in [3.05, 3.63) is 46.6 Å². The zero-order valence-corrected chi connectivity index (χ0v) is 15.2. The molecule has 5 nitrogen and oxygen atoms in total. The summed E-state index contributed by atoms with van der Waals surface area (Å²) in [5.41, 5.74) is 8.37. The van der Waals surface area contributed by atoms with E-state index in [1.807, 2.05) is 18.2 Å². The molecule has 7 heteroatoms. The molecule has 3 aromatic rings. The number of nitrogens with one attached hydrogen (secondary N) is 1. The molecule has 2 heterocycles. The van der Waals surface area contributed by atoms with Crippen LogP contribution in [0.25, 0.3) is 22.4 Å². The number of aromatic nitrogens is 3. The summed E-state index contributed by atoms with van der Waals surface area (Å²) in [6.07, 6.45) is 4.85. The lowest BCUT2D eigenvalue weighted by molar-refractivity contribution is 0.706. The van der Waals surface area contributed by atoms with Gasteiger partial charge in [-0.1, -0.05) is 35.7 Å². The number of benzene rings is 1. The molecule has 0 aliphatic rings. The van der Waals surface area contributed by atoms with Crippen molar-refractivity contribution in [3.8, 4) is 11.4 Å². The average molecular weight is 376 g/mol. The number of rotatable bonds is 7. The third-order valence-corrected chi connectivity index (χ3v) is 4.51. The van der Waals surface area contributed by atoms with Crippen LogP contribution >= 0.6 is 23.2 Å². The number of pyridine rings is 1. The lowest BCUT2D eigenvalue weighted by Gasteiger charge is -2.12. The molecule has 0 aliphatic carbocycles. The molecule has 0 spiro atoms. The topological polar surface area (TPSA) is 76.7 Å². The number of hydrogen-bond acceptors (Lipinski definition) is 5. The zero-order chi connectivity index (χ0) is 17.6. The number of hydrogen-bond donors (Lipinski definition) is 2.